The van der Waals surface area contributed by atoms with Crippen LogP contribution in [0, 0.1) is 6.92 Å². The van der Waals surface area contributed by atoms with E-state index in [1.165, 1.54) is 11.1 Å². The molecule has 0 radical (unpaired) electrons. The van der Waals surface area contributed by atoms with E-state index in [9.17, 15) is 0 Å². The lowest BCUT2D eigenvalue weighted by atomic mass is 10.1. The lowest BCUT2D eigenvalue weighted by Gasteiger charge is -2.22. The Morgan fingerprint density at radius 3 is 2.71 bits per heavy atom. The van der Waals surface area contributed by atoms with Crippen molar-refractivity contribution in [2.45, 2.75) is 26.4 Å². The van der Waals surface area contributed by atoms with Crippen LogP contribution in [-0.4, -0.2) is 29.7 Å². The summed E-state index contributed by atoms with van der Waals surface area (Å²) in [6, 6.07) is 8.69. The SMILES string of the molecule is Cc1cccc(CN(C)C(C)CO)c1. The lowest BCUT2D eigenvalue weighted by molar-refractivity contribution is 0.154. The van der Waals surface area contributed by atoms with Crippen LogP contribution in [0.25, 0.3) is 0 Å². The zero-order valence-electron chi connectivity index (χ0n) is 9.20. The molecule has 78 valence electrons. The van der Waals surface area contributed by atoms with Gasteiger partial charge in [-0.2, -0.15) is 0 Å². The molecule has 0 aliphatic carbocycles. The molecule has 1 aromatic carbocycles. The molecule has 1 N–H and O–H groups in total. The van der Waals surface area contributed by atoms with E-state index in [1.807, 2.05) is 14.0 Å². The maximum atomic E-state index is 9.00. The molecule has 1 rings (SSSR count). The molecule has 1 atom stereocenters. The van der Waals surface area contributed by atoms with Gasteiger partial charge >= 0.3 is 0 Å². The number of rotatable bonds is 4. The van der Waals surface area contributed by atoms with Crippen LogP contribution in [0.4, 0.5) is 0 Å². The van der Waals surface area contributed by atoms with Crippen LogP contribution in [0.5, 0.6) is 0 Å². The number of likely N-dealkylation sites (N-methyl/N-ethyl adjacent to an activating group) is 1. The van der Waals surface area contributed by atoms with Crippen LogP contribution in [-0.2, 0) is 6.54 Å². The van der Waals surface area contributed by atoms with E-state index in [-0.39, 0.29) is 12.6 Å². The van der Waals surface area contributed by atoms with Crippen LogP contribution in [0.1, 0.15) is 18.1 Å². The Hall–Kier alpha value is -0.860. The number of aliphatic hydroxyl groups is 1. The molecule has 0 saturated carbocycles. The Labute approximate surface area is 86.2 Å². The van der Waals surface area contributed by atoms with Crippen LogP contribution in [0.2, 0.25) is 0 Å². The molecule has 0 heterocycles. The van der Waals surface area contributed by atoms with E-state index < -0.39 is 0 Å². The summed E-state index contributed by atoms with van der Waals surface area (Å²) in [7, 11) is 2.03. The third-order valence-corrected chi connectivity index (χ3v) is 2.53. The Bertz CT molecular complexity index is 285. The molecule has 0 saturated heterocycles. The Morgan fingerprint density at radius 1 is 1.43 bits per heavy atom. The Morgan fingerprint density at radius 2 is 2.14 bits per heavy atom. The minimum atomic E-state index is 0.211. The highest BCUT2D eigenvalue weighted by atomic mass is 16.3. The molecule has 0 spiro atoms. The summed E-state index contributed by atoms with van der Waals surface area (Å²) in [6.45, 7) is 5.22. The quantitative estimate of drug-likeness (QED) is 0.788. The van der Waals surface area contributed by atoms with Crippen molar-refractivity contribution in [1.82, 2.24) is 4.90 Å². The molecule has 0 amide bonds. The summed E-state index contributed by atoms with van der Waals surface area (Å²) in [5.41, 5.74) is 2.58. The Balaban J connectivity index is 2.60. The fraction of sp³-hybridized carbons (Fsp3) is 0.500. The lowest BCUT2D eigenvalue weighted by Crippen LogP contribution is -2.31. The molecular formula is C12H19NO. The normalized spacial score (nSPS) is 13.2. The molecule has 2 heteroatoms. The van der Waals surface area contributed by atoms with Gasteiger partial charge in [-0.25, -0.2) is 0 Å². The van der Waals surface area contributed by atoms with Gasteiger partial charge in [-0.05, 0) is 26.5 Å². The molecule has 1 aromatic rings. The monoisotopic (exact) mass is 193 g/mol. The van der Waals surface area contributed by atoms with Crippen molar-refractivity contribution in [2.75, 3.05) is 13.7 Å². The van der Waals surface area contributed by atoms with Gasteiger partial charge in [0.05, 0.1) is 6.61 Å². The zero-order valence-corrected chi connectivity index (χ0v) is 9.20. The zero-order chi connectivity index (χ0) is 10.6. The van der Waals surface area contributed by atoms with E-state index >= 15 is 0 Å². The Kier molecular flexibility index (Phi) is 4.11. The highest BCUT2D eigenvalue weighted by Crippen LogP contribution is 2.08. The summed E-state index contributed by atoms with van der Waals surface area (Å²) in [4.78, 5) is 2.15. The number of benzene rings is 1. The van der Waals surface area contributed by atoms with Gasteiger partial charge in [-0.15, -0.1) is 0 Å². The smallest absolute Gasteiger partial charge is 0.0584 e. The first-order valence-electron chi connectivity index (χ1n) is 5.00. The molecule has 14 heavy (non-hydrogen) atoms. The van der Waals surface area contributed by atoms with Crippen molar-refractivity contribution >= 4 is 0 Å². The molecule has 1 unspecified atom stereocenters. The topological polar surface area (TPSA) is 23.5 Å². The molecule has 2 nitrogen and oxygen atoms in total. The average Bonchev–Trinajstić information content (AvgIpc) is 2.16. The van der Waals surface area contributed by atoms with Crippen LogP contribution >= 0.6 is 0 Å². The standard InChI is InChI=1S/C12H19NO/c1-10-5-4-6-12(7-10)8-13(3)11(2)9-14/h4-7,11,14H,8-9H2,1-3H3. The number of aliphatic hydroxyl groups excluding tert-OH is 1. The predicted octanol–water partition coefficient (Wildman–Crippen LogP) is 1.81. The fourth-order valence-corrected chi connectivity index (χ4v) is 1.39. The summed E-state index contributed by atoms with van der Waals surface area (Å²) in [6.07, 6.45) is 0. The van der Waals surface area contributed by atoms with Crippen molar-refractivity contribution in [3.63, 3.8) is 0 Å². The van der Waals surface area contributed by atoms with E-state index in [0.29, 0.717) is 0 Å². The third kappa shape index (κ3) is 3.13. The second-order valence-corrected chi connectivity index (χ2v) is 3.94. The summed E-state index contributed by atoms with van der Waals surface area (Å²) in [5.74, 6) is 0. The second-order valence-electron chi connectivity index (χ2n) is 3.94. The van der Waals surface area contributed by atoms with E-state index in [1.54, 1.807) is 0 Å². The molecule has 0 bridgehead atoms. The van der Waals surface area contributed by atoms with Crippen molar-refractivity contribution in [1.29, 1.82) is 0 Å². The number of aryl methyl sites for hydroxylation is 1. The first-order valence-corrected chi connectivity index (χ1v) is 5.00. The minimum absolute atomic E-state index is 0.211. The molecular weight excluding hydrogens is 174 g/mol. The molecule has 0 fully saturated rings. The van der Waals surface area contributed by atoms with E-state index in [0.717, 1.165) is 6.54 Å². The highest BCUT2D eigenvalue weighted by Gasteiger charge is 2.07. The second kappa shape index (κ2) is 5.13. The van der Waals surface area contributed by atoms with E-state index in [2.05, 4.69) is 36.1 Å². The van der Waals surface area contributed by atoms with Crippen molar-refractivity contribution in [2.24, 2.45) is 0 Å². The first kappa shape index (κ1) is 11.2. The minimum Gasteiger partial charge on any atom is -0.395 e. The summed E-state index contributed by atoms with van der Waals surface area (Å²) in [5, 5.41) is 9.00. The maximum Gasteiger partial charge on any atom is 0.0584 e. The predicted molar refractivity (Wildman–Crippen MR) is 59.2 cm³/mol. The van der Waals surface area contributed by atoms with Crippen molar-refractivity contribution in [3.8, 4) is 0 Å². The maximum absolute atomic E-state index is 9.00. The van der Waals surface area contributed by atoms with Gasteiger partial charge in [0, 0.05) is 12.6 Å². The molecule has 0 aliphatic rings. The molecule has 0 aliphatic heterocycles. The first-order chi connectivity index (χ1) is 6.63. The fourth-order valence-electron chi connectivity index (χ4n) is 1.39. The third-order valence-electron chi connectivity index (χ3n) is 2.53. The van der Waals surface area contributed by atoms with Crippen molar-refractivity contribution in [3.05, 3.63) is 35.4 Å². The molecule has 0 aromatic heterocycles. The highest BCUT2D eigenvalue weighted by molar-refractivity contribution is 5.22. The summed E-state index contributed by atoms with van der Waals surface area (Å²) >= 11 is 0. The largest absolute Gasteiger partial charge is 0.395 e. The van der Waals surface area contributed by atoms with Gasteiger partial charge in [0.25, 0.3) is 0 Å². The van der Waals surface area contributed by atoms with Gasteiger partial charge in [0.1, 0.15) is 0 Å². The van der Waals surface area contributed by atoms with Gasteiger partial charge < -0.3 is 5.11 Å². The number of hydrogen-bond acceptors (Lipinski definition) is 2. The summed E-state index contributed by atoms with van der Waals surface area (Å²) < 4.78 is 0. The van der Waals surface area contributed by atoms with Crippen LogP contribution in [0.15, 0.2) is 24.3 Å². The number of nitrogens with zero attached hydrogens (tertiary/aromatic N) is 1. The van der Waals surface area contributed by atoms with Crippen LogP contribution < -0.4 is 0 Å². The average molecular weight is 193 g/mol. The number of hydrogen-bond donors (Lipinski definition) is 1. The van der Waals surface area contributed by atoms with Crippen molar-refractivity contribution < 1.29 is 5.11 Å². The van der Waals surface area contributed by atoms with Gasteiger partial charge in [0.15, 0.2) is 0 Å². The van der Waals surface area contributed by atoms with Gasteiger partial charge in [-0.1, -0.05) is 29.8 Å². The van der Waals surface area contributed by atoms with E-state index in [4.69, 9.17) is 5.11 Å². The van der Waals surface area contributed by atoms with Crippen LogP contribution in [0.3, 0.4) is 0 Å². The van der Waals surface area contributed by atoms with Gasteiger partial charge in [0.2, 0.25) is 0 Å². The van der Waals surface area contributed by atoms with Gasteiger partial charge in [-0.3, -0.25) is 4.90 Å².